The summed E-state index contributed by atoms with van der Waals surface area (Å²) < 4.78 is 28.9. The van der Waals surface area contributed by atoms with Gasteiger partial charge in [0.2, 0.25) is 10.0 Å². The lowest BCUT2D eigenvalue weighted by atomic mass is 10.2. The minimum atomic E-state index is -3.44. The fraction of sp³-hybridized carbons (Fsp3) is 0.364. The molecule has 2 aromatic heterocycles. The fourth-order valence-electron chi connectivity index (χ4n) is 3.87. The highest BCUT2D eigenvalue weighted by Crippen LogP contribution is 2.24. The SMILES string of the molecule is Cc1nn(-c2ccccc2)c(C)c1CN(C)c1ccc(S(=O)(=O)N2CCCC2)cn1. The molecule has 3 aromatic rings. The molecule has 158 valence electrons. The number of aromatic nitrogens is 3. The maximum absolute atomic E-state index is 12.7. The van der Waals surface area contributed by atoms with Crippen molar-refractivity contribution in [2.75, 3.05) is 25.0 Å². The van der Waals surface area contributed by atoms with Crippen LogP contribution < -0.4 is 4.90 Å². The van der Waals surface area contributed by atoms with E-state index in [-0.39, 0.29) is 4.90 Å². The van der Waals surface area contributed by atoms with E-state index in [9.17, 15) is 8.42 Å². The third kappa shape index (κ3) is 3.85. The standard InChI is InChI=1S/C22H27N5O2S/c1-17-21(18(2)27(24-17)19-9-5-4-6-10-19)16-25(3)22-12-11-20(15-23-22)30(28,29)26-13-7-8-14-26/h4-6,9-12,15H,7-8,13-14,16H2,1-3H3. The number of sulfonamides is 1. The van der Waals surface area contributed by atoms with E-state index in [2.05, 4.69) is 11.9 Å². The van der Waals surface area contributed by atoms with E-state index in [0.717, 1.165) is 41.3 Å². The van der Waals surface area contributed by atoms with Crippen LogP contribution >= 0.6 is 0 Å². The van der Waals surface area contributed by atoms with Gasteiger partial charge < -0.3 is 4.90 Å². The van der Waals surface area contributed by atoms with Gasteiger partial charge in [-0.05, 0) is 51.0 Å². The second-order valence-electron chi connectivity index (χ2n) is 7.72. The largest absolute Gasteiger partial charge is 0.355 e. The molecule has 0 amide bonds. The molecule has 30 heavy (non-hydrogen) atoms. The quantitative estimate of drug-likeness (QED) is 0.606. The number of para-hydroxylation sites is 1. The van der Waals surface area contributed by atoms with Crippen molar-refractivity contribution < 1.29 is 8.42 Å². The third-order valence-electron chi connectivity index (χ3n) is 5.65. The van der Waals surface area contributed by atoms with Crippen LogP contribution in [0.2, 0.25) is 0 Å². The number of pyridine rings is 1. The van der Waals surface area contributed by atoms with Gasteiger partial charge in [-0.15, -0.1) is 0 Å². The van der Waals surface area contributed by atoms with Crippen LogP contribution in [0.3, 0.4) is 0 Å². The summed E-state index contributed by atoms with van der Waals surface area (Å²) in [6, 6.07) is 13.5. The van der Waals surface area contributed by atoms with Gasteiger partial charge in [0.15, 0.2) is 0 Å². The molecule has 1 saturated heterocycles. The van der Waals surface area contributed by atoms with Gasteiger partial charge in [-0.2, -0.15) is 9.40 Å². The zero-order valence-corrected chi connectivity index (χ0v) is 18.4. The number of anilines is 1. The molecule has 0 aliphatic carbocycles. The molecule has 8 heteroatoms. The molecule has 3 heterocycles. The summed E-state index contributed by atoms with van der Waals surface area (Å²) in [7, 11) is -1.49. The maximum Gasteiger partial charge on any atom is 0.244 e. The summed E-state index contributed by atoms with van der Waals surface area (Å²) in [5.74, 6) is 0.724. The molecule has 1 fully saturated rings. The molecule has 0 N–H and O–H groups in total. The summed E-state index contributed by atoms with van der Waals surface area (Å²) in [6.45, 7) is 5.89. The first-order chi connectivity index (χ1) is 14.4. The number of benzene rings is 1. The van der Waals surface area contributed by atoms with E-state index in [1.165, 1.54) is 10.5 Å². The van der Waals surface area contributed by atoms with Gasteiger partial charge in [0.1, 0.15) is 10.7 Å². The fourth-order valence-corrected chi connectivity index (χ4v) is 5.33. The number of rotatable bonds is 6. The van der Waals surface area contributed by atoms with Crippen molar-refractivity contribution in [1.29, 1.82) is 0 Å². The van der Waals surface area contributed by atoms with Gasteiger partial charge in [0.25, 0.3) is 0 Å². The lowest BCUT2D eigenvalue weighted by molar-refractivity contribution is 0.477. The molecule has 0 atom stereocenters. The molecule has 0 saturated carbocycles. The Labute approximate surface area is 178 Å². The van der Waals surface area contributed by atoms with Gasteiger partial charge in [-0.1, -0.05) is 18.2 Å². The lowest BCUT2D eigenvalue weighted by Crippen LogP contribution is -2.28. The van der Waals surface area contributed by atoms with E-state index in [0.29, 0.717) is 19.6 Å². The van der Waals surface area contributed by atoms with Crippen LogP contribution in [0.4, 0.5) is 5.82 Å². The Morgan fingerprint density at radius 3 is 2.37 bits per heavy atom. The van der Waals surface area contributed by atoms with E-state index in [1.807, 2.05) is 53.9 Å². The van der Waals surface area contributed by atoms with Gasteiger partial charge in [0.05, 0.1) is 11.4 Å². The van der Waals surface area contributed by atoms with Crippen molar-refractivity contribution in [3.63, 3.8) is 0 Å². The predicted octanol–water partition coefficient (Wildman–Crippen LogP) is 3.31. The first-order valence-corrected chi connectivity index (χ1v) is 11.6. The maximum atomic E-state index is 12.7. The van der Waals surface area contributed by atoms with Crippen molar-refractivity contribution >= 4 is 15.8 Å². The zero-order valence-electron chi connectivity index (χ0n) is 17.6. The Morgan fingerprint density at radius 2 is 1.73 bits per heavy atom. The van der Waals surface area contributed by atoms with Crippen LogP contribution in [0.25, 0.3) is 5.69 Å². The Kier molecular flexibility index (Phi) is 5.62. The molecule has 1 aliphatic rings. The molecule has 1 aromatic carbocycles. The zero-order chi connectivity index (χ0) is 21.3. The van der Waals surface area contributed by atoms with Crippen LogP contribution in [-0.4, -0.2) is 47.6 Å². The molecule has 4 rings (SSSR count). The third-order valence-corrected chi connectivity index (χ3v) is 7.53. The van der Waals surface area contributed by atoms with Crippen LogP contribution in [0.1, 0.15) is 29.8 Å². The molecule has 1 aliphatic heterocycles. The average molecular weight is 426 g/mol. The monoisotopic (exact) mass is 425 g/mol. The van der Waals surface area contributed by atoms with Gasteiger partial charge in [-0.3, -0.25) is 0 Å². The van der Waals surface area contributed by atoms with Crippen LogP contribution in [-0.2, 0) is 16.6 Å². The van der Waals surface area contributed by atoms with Crippen molar-refractivity contribution in [2.24, 2.45) is 0 Å². The van der Waals surface area contributed by atoms with Gasteiger partial charge in [-0.25, -0.2) is 18.1 Å². The predicted molar refractivity (Wildman–Crippen MR) is 117 cm³/mol. The summed E-state index contributed by atoms with van der Waals surface area (Å²) in [4.78, 5) is 6.70. The van der Waals surface area contributed by atoms with E-state index in [1.54, 1.807) is 12.1 Å². The van der Waals surface area contributed by atoms with Crippen LogP contribution in [0.15, 0.2) is 53.6 Å². The molecular weight excluding hydrogens is 398 g/mol. The Morgan fingerprint density at radius 1 is 1.03 bits per heavy atom. The normalized spacial score (nSPS) is 14.9. The molecular formula is C22H27N5O2S. The molecule has 0 spiro atoms. The Hall–Kier alpha value is -2.71. The van der Waals surface area contributed by atoms with Crippen LogP contribution in [0, 0.1) is 13.8 Å². The molecule has 7 nitrogen and oxygen atoms in total. The Bertz CT molecular complexity index is 1120. The first-order valence-electron chi connectivity index (χ1n) is 10.2. The van der Waals surface area contributed by atoms with Crippen molar-refractivity contribution in [3.05, 3.63) is 65.6 Å². The highest BCUT2D eigenvalue weighted by Gasteiger charge is 2.27. The van der Waals surface area contributed by atoms with Crippen molar-refractivity contribution in [2.45, 2.75) is 38.1 Å². The summed E-state index contributed by atoms with van der Waals surface area (Å²) in [5.41, 5.74) is 4.22. The van der Waals surface area contributed by atoms with E-state index in [4.69, 9.17) is 5.10 Å². The highest BCUT2D eigenvalue weighted by atomic mass is 32.2. The van der Waals surface area contributed by atoms with Crippen molar-refractivity contribution in [3.8, 4) is 5.69 Å². The first kappa shape index (κ1) is 20.6. The highest BCUT2D eigenvalue weighted by molar-refractivity contribution is 7.89. The minimum Gasteiger partial charge on any atom is -0.355 e. The van der Waals surface area contributed by atoms with Gasteiger partial charge in [0, 0.05) is 44.1 Å². The average Bonchev–Trinajstić information content (AvgIpc) is 3.39. The summed E-state index contributed by atoms with van der Waals surface area (Å²) in [6.07, 6.45) is 3.30. The molecule has 0 unspecified atom stereocenters. The van der Waals surface area contributed by atoms with E-state index >= 15 is 0 Å². The summed E-state index contributed by atoms with van der Waals surface area (Å²) in [5, 5.41) is 4.70. The lowest BCUT2D eigenvalue weighted by Gasteiger charge is -2.20. The number of nitrogens with zero attached hydrogens (tertiary/aromatic N) is 5. The number of aryl methyl sites for hydroxylation is 1. The van der Waals surface area contributed by atoms with Crippen LogP contribution in [0.5, 0.6) is 0 Å². The van der Waals surface area contributed by atoms with E-state index < -0.39 is 10.0 Å². The van der Waals surface area contributed by atoms with Gasteiger partial charge >= 0.3 is 0 Å². The molecule has 0 radical (unpaired) electrons. The van der Waals surface area contributed by atoms with Crippen molar-refractivity contribution in [1.82, 2.24) is 19.1 Å². The minimum absolute atomic E-state index is 0.255. The second-order valence-corrected chi connectivity index (χ2v) is 9.65. The molecule has 0 bridgehead atoms. The Balaban J connectivity index is 1.53. The smallest absolute Gasteiger partial charge is 0.244 e. The number of hydrogen-bond acceptors (Lipinski definition) is 5. The topological polar surface area (TPSA) is 71.3 Å². The number of hydrogen-bond donors (Lipinski definition) is 0. The second kappa shape index (κ2) is 8.20. The summed E-state index contributed by atoms with van der Waals surface area (Å²) >= 11 is 0.